The molecule has 4 saturated heterocycles. The van der Waals surface area contributed by atoms with Crippen LogP contribution in [0.2, 0.25) is 0 Å². The SMILES string of the molecule is C(OCC1CO1)C1CO1.C(OCC1CO1)C1CO1.Oc1ccccc1.Oc1ccccc1. The molecule has 4 aliphatic rings. The number of epoxide rings is 4. The summed E-state index contributed by atoms with van der Waals surface area (Å²) in [4.78, 5) is 0. The number of hydrogen-bond donors (Lipinski definition) is 2. The van der Waals surface area contributed by atoms with Crippen molar-refractivity contribution in [2.45, 2.75) is 24.4 Å². The fourth-order valence-corrected chi connectivity index (χ4v) is 2.17. The van der Waals surface area contributed by atoms with Gasteiger partial charge in [0.2, 0.25) is 0 Å². The molecule has 2 aromatic carbocycles. The smallest absolute Gasteiger partial charge is 0.115 e. The van der Waals surface area contributed by atoms with Crippen LogP contribution in [0.1, 0.15) is 0 Å². The lowest BCUT2D eigenvalue weighted by atomic mass is 10.3. The third-order valence-electron chi connectivity index (χ3n) is 4.34. The van der Waals surface area contributed by atoms with Gasteiger partial charge in [0, 0.05) is 0 Å². The van der Waals surface area contributed by atoms with Crippen LogP contribution in [0.4, 0.5) is 0 Å². The summed E-state index contributed by atoms with van der Waals surface area (Å²) in [5.41, 5.74) is 0. The molecule has 0 radical (unpaired) electrons. The number of phenols is 2. The van der Waals surface area contributed by atoms with Crippen molar-refractivity contribution in [3.05, 3.63) is 60.7 Å². The third-order valence-corrected chi connectivity index (χ3v) is 4.34. The number of para-hydroxylation sites is 2. The van der Waals surface area contributed by atoms with Crippen molar-refractivity contribution < 1.29 is 38.6 Å². The van der Waals surface area contributed by atoms with Gasteiger partial charge in [-0.1, -0.05) is 36.4 Å². The molecule has 0 aliphatic carbocycles. The predicted molar refractivity (Wildman–Crippen MR) is 117 cm³/mol. The molecule has 0 aromatic heterocycles. The van der Waals surface area contributed by atoms with Gasteiger partial charge in [-0.2, -0.15) is 0 Å². The maximum Gasteiger partial charge on any atom is 0.115 e. The Labute approximate surface area is 188 Å². The van der Waals surface area contributed by atoms with Gasteiger partial charge in [0.15, 0.2) is 0 Å². The van der Waals surface area contributed by atoms with Crippen molar-refractivity contribution in [2.24, 2.45) is 0 Å². The van der Waals surface area contributed by atoms with Crippen LogP contribution < -0.4 is 0 Å². The Hall–Kier alpha value is -2.20. The van der Waals surface area contributed by atoms with Crippen molar-refractivity contribution in [3.8, 4) is 11.5 Å². The van der Waals surface area contributed by atoms with E-state index in [0.717, 1.165) is 52.9 Å². The van der Waals surface area contributed by atoms with E-state index in [-0.39, 0.29) is 0 Å². The van der Waals surface area contributed by atoms with E-state index in [2.05, 4.69) is 0 Å². The Kier molecular flexibility index (Phi) is 10.7. The van der Waals surface area contributed by atoms with Crippen LogP contribution in [0.3, 0.4) is 0 Å². The summed E-state index contributed by atoms with van der Waals surface area (Å²) < 4.78 is 30.2. The van der Waals surface area contributed by atoms with Crippen LogP contribution in [0.25, 0.3) is 0 Å². The lowest BCUT2D eigenvalue weighted by Gasteiger charge is -1.95. The van der Waals surface area contributed by atoms with Gasteiger partial charge in [0.25, 0.3) is 0 Å². The average Bonchev–Trinajstić information content (AvgIpc) is 3.65. The van der Waals surface area contributed by atoms with E-state index in [1.165, 1.54) is 0 Å². The van der Waals surface area contributed by atoms with E-state index in [4.69, 9.17) is 38.6 Å². The minimum Gasteiger partial charge on any atom is -0.508 e. The van der Waals surface area contributed by atoms with Crippen LogP contribution in [-0.2, 0) is 28.4 Å². The van der Waals surface area contributed by atoms with Gasteiger partial charge in [0.05, 0.1) is 52.9 Å². The monoisotopic (exact) mass is 448 g/mol. The highest BCUT2D eigenvalue weighted by Crippen LogP contribution is 2.13. The van der Waals surface area contributed by atoms with Gasteiger partial charge in [-0.05, 0) is 24.3 Å². The van der Waals surface area contributed by atoms with E-state index in [1.54, 1.807) is 48.5 Å². The number of benzene rings is 2. The maximum atomic E-state index is 8.63. The van der Waals surface area contributed by atoms with Gasteiger partial charge in [-0.15, -0.1) is 0 Å². The van der Waals surface area contributed by atoms with Crippen molar-refractivity contribution in [3.63, 3.8) is 0 Å². The second-order valence-corrected chi connectivity index (χ2v) is 7.57. The highest BCUT2D eigenvalue weighted by molar-refractivity contribution is 5.19. The molecule has 4 aliphatic heterocycles. The molecule has 176 valence electrons. The van der Waals surface area contributed by atoms with Crippen molar-refractivity contribution in [1.29, 1.82) is 0 Å². The van der Waals surface area contributed by atoms with Gasteiger partial charge in [-0.3, -0.25) is 0 Å². The highest BCUT2D eigenvalue weighted by atomic mass is 16.6. The minimum atomic E-state index is 0.322. The number of phenolic OH excluding ortho intramolecular Hbond substituents is 2. The van der Waals surface area contributed by atoms with Gasteiger partial charge in [-0.25, -0.2) is 0 Å². The van der Waals surface area contributed by atoms with Crippen molar-refractivity contribution in [2.75, 3.05) is 52.9 Å². The molecule has 8 nitrogen and oxygen atoms in total. The van der Waals surface area contributed by atoms with Gasteiger partial charge < -0.3 is 38.6 Å². The second-order valence-electron chi connectivity index (χ2n) is 7.57. The number of aromatic hydroxyl groups is 2. The fourth-order valence-electron chi connectivity index (χ4n) is 2.17. The van der Waals surface area contributed by atoms with E-state index < -0.39 is 0 Å². The Bertz CT molecular complexity index is 626. The summed E-state index contributed by atoms with van der Waals surface area (Å²) in [5.74, 6) is 0.644. The highest BCUT2D eigenvalue weighted by Gasteiger charge is 2.27. The number of rotatable bonds is 8. The Balaban J connectivity index is 0.000000122. The quantitative estimate of drug-likeness (QED) is 0.593. The molecule has 2 N–H and O–H groups in total. The summed E-state index contributed by atoms with van der Waals surface area (Å²) in [6, 6.07) is 17.4. The molecule has 4 unspecified atom stereocenters. The normalized spacial score (nSPS) is 25.5. The first-order valence-corrected chi connectivity index (χ1v) is 10.8. The standard InChI is InChI=1S/2C6H10O3.2C6H6O/c2*1(5-3-8-5)7-2-6-4-9-6;2*7-6-4-2-1-3-5-6/h2*5-6H,1-4H2;2*1-5,7H. The zero-order valence-corrected chi connectivity index (χ0v) is 18.1. The summed E-state index contributed by atoms with van der Waals surface area (Å²) >= 11 is 0. The summed E-state index contributed by atoms with van der Waals surface area (Å²) in [5, 5.41) is 17.3. The van der Waals surface area contributed by atoms with E-state index in [0.29, 0.717) is 35.9 Å². The second kappa shape index (κ2) is 14.1. The van der Waals surface area contributed by atoms with E-state index in [9.17, 15) is 0 Å². The maximum absolute atomic E-state index is 8.63. The third kappa shape index (κ3) is 14.0. The van der Waals surface area contributed by atoms with Crippen LogP contribution in [0, 0.1) is 0 Å². The molecule has 0 spiro atoms. The topological polar surface area (TPSA) is 109 Å². The van der Waals surface area contributed by atoms with Gasteiger partial charge >= 0.3 is 0 Å². The molecule has 0 saturated carbocycles. The number of hydrogen-bond acceptors (Lipinski definition) is 8. The molecule has 8 heteroatoms. The Morgan fingerprint density at radius 2 is 0.781 bits per heavy atom. The molecule has 4 atom stereocenters. The van der Waals surface area contributed by atoms with Gasteiger partial charge in [0.1, 0.15) is 35.9 Å². The lowest BCUT2D eigenvalue weighted by Crippen LogP contribution is -2.06. The first-order valence-electron chi connectivity index (χ1n) is 10.8. The van der Waals surface area contributed by atoms with Crippen LogP contribution in [0.15, 0.2) is 60.7 Å². The molecule has 6 rings (SSSR count). The zero-order valence-electron chi connectivity index (χ0n) is 18.1. The summed E-state index contributed by atoms with van der Waals surface area (Å²) in [6.45, 7) is 6.52. The minimum absolute atomic E-state index is 0.322. The lowest BCUT2D eigenvalue weighted by molar-refractivity contribution is 0.102. The average molecular weight is 449 g/mol. The zero-order chi connectivity index (χ0) is 22.4. The summed E-state index contributed by atoms with van der Waals surface area (Å²) in [7, 11) is 0. The predicted octanol–water partition coefficient (Wildman–Crippen LogP) is 2.39. The number of ether oxygens (including phenoxy) is 6. The molecule has 4 heterocycles. The Morgan fingerprint density at radius 3 is 0.938 bits per heavy atom. The van der Waals surface area contributed by atoms with E-state index >= 15 is 0 Å². The molecular formula is C24H32O8. The van der Waals surface area contributed by atoms with Crippen LogP contribution in [0.5, 0.6) is 11.5 Å². The van der Waals surface area contributed by atoms with Crippen molar-refractivity contribution in [1.82, 2.24) is 0 Å². The molecule has 32 heavy (non-hydrogen) atoms. The molecule has 2 aromatic rings. The summed E-state index contributed by atoms with van der Waals surface area (Å²) in [6.07, 6.45) is 1.57. The molecule has 0 amide bonds. The fraction of sp³-hybridized carbons (Fsp3) is 0.500. The van der Waals surface area contributed by atoms with Crippen molar-refractivity contribution >= 4 is 0 Å². The van der Waals surface area contributed by atoms with Crippen LogP contribution in [-0.4, -0.2) is 87.5 Å². The van der Waals surface area contributed by atoms with Crippen LogP contribution >= 0.6 is 0 Å². The first-order chi connectivity index (χ1) is 15.7. The first kappa shape index (κ1) is 24.4. The molecular weight excluding hydrogens is 416 g/mol. The van der Waals surface area contributed by atoms with E-state index in [1.807, 2.05) is 12.1 Å². The molecule has 4 fully saturated rings. The Morgan fingerprint density at radius 1 is 0.531 bits per heavy atom. The molecule has 0 bridgehead atoms. The largest absolute Gasteiger partial charge is 0.508 e.